The van der Waals surface area contributed by atoms with Crippen LogP contribution in [0.1, 0.15) is 12.8 Å². The number of halogens is 1. The predicted molar refractivity (Wildman–Crippen MR) is 74.2 cm³/mol. The van der Waals surface area contributed by atoms with Gasteiger partial charge in [-0.05, 0) is 53.5 Å². The summed E-state index contributed by atoms with van der Waals surface area (Å²) in [5.41, 5.74) is 5.35. The van der Waals surface area contributed by atoms with E-state index < -0.39 is 10.0 Å². The zero-order valence-corrected chi connectivity index (χ0v) is 12.6. The number of hydrogen-bond donors (Lipinski definition) is 2. The van der Waals surface area contributed by atoms with Crippen molar-refractivity contribution in [3.8, 4) is 5.75 Å². The summed E-state index contributed by atoms with van der Waals surface area (Å²) in [5.74, 6) is 0.601. The van der Waals surface area contributed by atoms with Crippen molar-refractivity contribution in [2.75, 3.05) is 20.2 Å². The molecule has 0 aromatic heterocycles. The second-order valence-corrected chi connectivity index (χ2v) is 6.28. The van der Waals surface area contributed by atoms with Crippen molar-refractivity contribution in [2.24, 2.45) is 5.73 Å². The van der Waals surface area contributed by atoms with Gasteiger partial charge in [-0.25, -0.2) is 13.1 Å². The van der Waals surface area contributed by atoms with E-state index in [4.69, 9.17) is 10.5 Å². The highest BCUT2D eigenvalue weighted by molar-refractivity contribution is 9.10. The molecular weight excluding hydrogens is 320 g/mol. The van der Waals surface area contributed by atoms with Gasteiger partial charge >= 0.3 is 0 Å². The Bertz CT molecular complexity index is 491. The van der Waals surface area contributed by atoms with E-state index in [9.17, 15) is 8.42 Å². The molecule has 0 amide bonds. The van der Waals surface area contributed by atoms with Crippen LogP contribution in [0.25, 0.3) is 0 Å². The molecule has 0 saturated carbocycles. The summed E-state index contributed by atoms with van der Waals surface area (Å²) in [6.07, 6.45) is 1.52. The molecule has 0 aliphatic rings. The Morgan fingerprint density at radius 3 is 2.67 bits per heavy atom. The molecule has 3 N–H and O–H groups in total. The molecule has 1 aromatic carbocycles. The van der Waals surface area contributed by atoms with Crippen LogP contribution in [0.3, 0.4) is 0 Å². The SMILES string of the molecule is COc1ccc(S(=O)(=O)NCCCCN)c(Br)c1. The summed E-state index contributed by atoms with van der Waals surface area (Å²) < 4.78 is 32.0. The van der Waals surface area contributed by atoms with E-state index in [0.29, 0.717) is 23.3 Å². The van der Waals surface area contributed by atoms with Crippen LogP contribution in [0.15, 0.2) is 27.6 Å². The van der Waals surface area contributed by atoms with Gasteiger partial charge in [-0.3, -0.25) is 0 Å². The molecule has 0 bridgehead atoms. The van der Waals surface area contributed by atoms with E-state index in [-0.39, 0.29) is 4.90 Å². The van der Waals surface area contributed by atoms with Gasteiger partial charge in [0, 0.05) is 11.0 Å². The summed E-state index contributed by atoms with van der Waals surface area (Å²) in [7, 11) is -1.96. The van der Waals surface area contributed by atoms with E-state index in [2.05, 4.69) is 20.7 Å². The van der Waals surface area contributed by atoms with Crippen LogP contribution in [0.2, 0.25) is 0 Å². The molecule has 0 heterocycles. The van der Waals surface area contributed by atoms with Crippen LogP contribution in [0.4, 0.5) is 0 Å². The molecular formula is C11H17BrN2O3S. The van der Waals surface area contributed by atoms with E-state index in [1.54, 1.807) is 12.1 Å². The Hall–Kier alpha value is -0.630. The normalized spacial score (nSPS) is 11.5. The van der Waals surface area contributed by atoms with Gasteiger partial charge < -0.3 is 10.5 Å². The topological polar surface area (TPSA) is 81.4 Å². The quantitative estimate of drug-likeness (QED) is 0.739. The summed E-state index contributed by atoms with van der Waals surface area (Å²) >= 11 is 3.23. The number of methoxy groups -OCH3 is 1. The van der Waals surface area contributed by atoms with Crippen LogP contribution >= 0.6 is 15.9 Å². The van der Waals surface area contributed by atoms with E-state index in [1.807, 2.05) is 0 Å². The van der Waals surface area contributed by atoms with Crippen molar-refractivity contribution < 1.29 is 13.2 Å². The Kier molecular flexibility index (Phi) is 6.07. The largest absolute Gasteiger partial charge is 0.497 e. The van der Waals surface area contributed by atoms with Crippen LogP contribution in [0.5, 0.6) is 5.75 Å². The van der Waals surface area contributed by atoms with Gasteiger partial charge in [0.25, 0.3) is 0 Å². The molecule has 0 aliphatic carbocycles. The van der Waals surface area contributed by atoms with Gasteiger partial charge in [0.1, 0.15) is 5.75 Å². The summed E-state index contributed by atoms with van der Waals surface area (Å²) in [5, 5.41) is 0. The zero-order chi connectivity index (χ0) is 13.6. The molecule has 0 fully saturated rings. The number of rotatable bonds is 7. The molecule has 7 heteroatoms. The predicted octanol–water partition coefficient (Wildman–Crippen LogP) is 1.47. The third kappa shape index (κ3) is 4.24. The van der Waals surface area contributed by atoms with Crippen molar-refractivity contribution in [2.45, 2.75) is 17.7 Å². The van der Waals surface area contributed by atoms with Crippen LogP contribution in [-0.2, 0) is 10.0 Å². The van der Waals surface area contributed by atoms with Crippen LogP contribution < -0.4 is 15.2 Å². The average Bonchev–Trinajstić information content (AvgIpc) is 2.34. The van der Waals surface area contributed by atoms with Crippen LogP contribution in [0, 0.1) is 0 Å². The number of sulfonamides is 1. The molecule has 0 aliphatic heterocycles. The molecule has 0 radical (unpaired) electrons. The zero-order valence-electron chi connectivity index (χ0n) is 10.1. The molecule has 1 rings (SSSR count). The van der Waals surface area contributed by atoms with Crippen molar-refractivity contribution >= 4 is 26.0 Å². The first-order valence-electron chi connectivity index (χ1n) is 5.54. The van der Waals surface area contributed by atoms with E-state index >= 15 is 0 Å². The highest BCUT2D eigenvalue weighted by Gasteiger charge is 2.17. The highest BCUT2D eigenvalue weighted by Crippen LogP contribution is 2.26. The molecule has 102 valence electrons. The standard InChI is InChI=1S/C11H17BrN2O3S/c1-17-9-4-5-11(10(12)8-9)18(15,16)14-7-3-2-6-13/h4-5,8,14H,2-3,6-7,13H2,1H3. The average molecular weight is 337 g/mol. The Morgan fingerprint density at radius 1 is 1.39 bits per heavy atom. The van der Waals surface area contributed by atoms with Gasteiger partial charge in [-0.15, -0.1) is 0 Å². The maximum Gasteiger partial charge on any atom is 0.241 e. The number of unbranched alkanes of at least 4 members (excludes halogenated alkanes) is 1. The maximum absolute atomic E-state index is 12.0. The van der Waals surface area contributed by atoms with Gasteiger partial charge in [-0.1, -0.05) is 0 Å². The lowest BCUT2D eigenvalue weighted by atomic mass is 10.3. The number of nitrogens with two attached hydrogens (primary N) is 1. The second kappa shape index (κ2) is 7.08. The molecule has 1 aromatic rings. The minimum absolute atomic E-state index is 0.205. The lowest BCUT2D eigenvalue weighted by Crippen LogP contribution is -2.25. The second-order valence-electron chi connectivity index (χ2n) is 3.69. The van der Waals surface area contributed by atoms with Crippen molar-refractivity contribution in [1.29, 1.82) is 0 Å². The lowest BCUT2D eigenvalue weighted by Gasteiger charge is -2.09. The Morgan fingerprint density at radius 2 is 2.11 bits per heavy atom. The Balaban J connectivity index is 2.78. The summed E-state index contributed by atoms with van der Waals surface area (Å²) in [6, 6.07) is 4.74. The molecule has 0 spiro atoms. The van der Waals surface area contributed by atoms with Crippen molar-refractivity contribution in [3.63, 3.8) is 0 Å². The number of ether oxygens (including phenoxy) is 1. The third-order valence-electron chi connectivity index (χ3n) is 2.35. The van der Waals surface area contributed by atoms with Crippen LogP contribution in [-0.4, -0.2) is 28.6 Å². The third-order valence-corrected chi connectivity index (χ3v) is 4.79. The molecule has 18 heavy (non-hydrogen) atoms. The Labute approximate surface area is 116 Å². The first kappa shape index (κ1) is 15.4. The monoisotopic (exact) mass is 336 g/mol. The fourth-order valence-electron chi connectivity index (χ4n) is 1.38. The molecule has 0 saturated heterocycles. The number of benzene rings is 1. The lowest BCUT2D eigenvalue weighted by molar-refractivity contribution is 0.414. The van der Waals surface area contributed by atoms with E-state index in [0.717, 1.165) is 12.8 Å². The maximum atomic E-state index is 12.0. The highest BCUT2D eigenvalue weighted by atomic mass is 79.9. The van der Waals surface area contributed by atoms with Gasteiger partial charge in [0.15, 0.2) is 0 Å². The van der Waals surface area contributed by atoms with Gasteiger partial charge in [-0.2, -0.15) is 0 Å². The molecule has 0 unspecified atom stereocenters. The minimum atomic E-state index is -3.49. The first-order valence-corrected chi connectivity index (χ1v) is 7.82. The first-order chi connectivity index (χ1) is 8.51. The van der Waals surface area contributed by atoms with Gasteiger partial charge in [0.2, 0.25) is 10.0 Å². The van der Waals surface area contributed by atoms with Crippen molar-refractivity contribution in [3.05, 3.63) is 22.7 Å². The number of hydrogen-bond acceptors (Lipinski definition) is 4. The smallest absolute Gasteiger partial charge is 0.241 e. The number of nitrogens with one attached hydrogen (secondary N) is 1. The summed E-state index contributed by atoms with van der Waals surface area (Å²) in [6.45, 7) is 0.950. The van der Waals surface area contributed by atoms with E-state index in [1.165, 1.54) is 13.2 Å². The fraction of sp³-hybridized carbons (Fsp3) is 0.455. The molecule has 0 atom stereocenters. The van der Waals surface area contributed by atoms with Gasteiger partial charge in [0.05, 0.1) is 12.0 Å². The minimum Gasteiger partial charge on any atom is -0.497 e. The molecule has 5 nitrogen and oxygen atoms in total. The fourth-order valence-corrected chi connectivity index (χ4v) is 3.51. The summed E-state index contributed by atoms with van der Waals surface area (Å²) in [4.78, 5) is 0.205. The van der Waals surface area contributed by atoms with Crippen molar-refractivity contribution in [1.82, 2.24) is 4.72 Å².